The number of hydrogen-bond donors (Lipinski definition) is 1. The zero-order valence-corrected chi connectivity index (χ0v) is 7.39. The molecule has 2 N–H and O–H groups in total. The van der Waals surface area contributed by atoms with Gasteiger partial charge in [0.15, 0.2) is 0 Å². The first-order chi connectivity index (χ1) is 5.74. The zero-order chi connectivity index (χ0) is 8.97. The molecule has 1 aromatic heterocycles. The van der Waals surface area contributed by atoms with Crippen molar-refractivity contribution in [2.24, 2.45) is 0 Å². The molecular formula is C8H8ClN3. The highest BCUT2D eigenvalue weighted by atomic mass is 35.5. The molecule has 0 aliphatic carbocycles. The number of rotatable bonds is 0. The van der Waals surface area contributed by atoms with E-state index < -0.39 is 0 Å². The monoisotopic (exact) mass is 181 g/mol. The van der Waals surface area contributed by atoms with Crippen LogP contribution in [0.15, 0.2) is 6.20 Å². The summed E-state index contributed by atoms with van der Waals surface area (Å²) in [6, 6.07) is 0. The molecule has 1 aromatic rings. The Morgan fingerprint density at radius 2 is 2.42 bits per heavy atom. The van der Waals surface area contributed by atoms with Gasteiger partial charge in [-0.3, -0.25) is 0 Å². The summed E-state index contributed by atoms with van der Waals surface area (Å²) in [5.41, 5.74) is 6.15. The molecule has 12 heavy (non-hydrogen) atoms. The fourth-order valence-corrected chi connectivity index (χ4v) is 0.792. The van der Waals surface area contributed by atoms with E-state index in [1.54, 1.807) is 0 Å². The molecule has 62 valence electrons. The highest BCUT2D eigenvalue weighted by Gasteiger charge is 1.97. The van der Waals surface area contributed by atoms with Crippen molar-refractivity contribution in [3.05, 3.63) is 17.0 Å². The zero-order valence-electron chi connectivity index (χ0n) is 6.63. The molecule has 0 saturated heterocycles. The molecule has 1 rings (SSSR count). The van der Waals surface area contributed by atoms with Crippen LogP contribution in [0.5, 0.6) is 0 Å². The molecule has 0 bridgehead atoms. The Labute approximate surface area is 76.0 Å². The van der Waals surface area contributed by atoms with Gasteiger partial charge >= 0.3 is 0 Å². The van der Waals surface area contributed by atoms with Gasteiger partial charge in [0.2, 0.25) is 5.28 Å². The predicted molar refractivity (Wildman–Crippen MR) is 48.6 cm³/mol. The first-order valence-corrected chi connectivity index (χ1v) is 3.88. The number of nitrogens with zero attached hydrogens (tertiary/aromatic N) is 2. The summed E-state index contributed by atoms with van der Waals surface area (Å²) in [5, 5.41) is 0.148. The molecule has 0 amide bonds. The molecule has 3 nitrogen and oxygen atoms in total. The normalized spacial score (nSPS) is 8.83. The van der Waals surface area contributed by atoms with Crippen molar-refractivity contribution in [1.29, 1.82) is 0 Å². The van der Waals surface area contributed by atoms with Gasteiger partial charge in [-0.05, 0) is 11.6 Å². The van der Waals surface area contributed by atoms with Gasteiger partial charge in [-0.25, -0.2) is 4.98 Å². The molecule has 0 aliphatic rings. The molecule has 0 spiro atoms. The van der Waals surface area contributed by atoms with Gasteiger partial charge in [0.25, 0.3) is 0 Å². The first-order valence-electron chi connectivity index (χ1n) is 3.51. The lowest BCUT2D eigenvalue weighted by Gasteiger charge is -1.95. The van der Waals surface area contributed by atoms with Crippen LogP contribution in [0.3, 0.4) is 0 Å². The van der Waals surface area contributed by atoms with E-state index >= 15 is 0 Å². The van der Waals surface area contributed by atoms with Crippen molar-refractivity contribution in [3.63, 3.8) is 0 Å². The van der Waals surface area contributed by atoms with Crippen LogP contribution in [-0.4, -0.2) is 9.97 Å². The summed E-state index contributed by atoms with van der Waals surface area (Å²) < 4.78 is 0. The van der Waals surface area contributed by atoms with Crippen LogP contribution in [0, 0.1) is 11.8 Å². The van der Waals surface area contributed by atoms with Gasteiger partial charge in [-0.2, -0.15) is 4.98 Å². The lowest BCUT2D eigenvalue weighted by atomic mass is 10.3. The Morgan fingerprint density at radius 3 is 3.00 bits per heavy atom. The van der Waals surface area contributed by atoms with E-state index in [0.29, 0.717) is 11.4 Å². The van der Waals surface area contributed by atoms with Crippen LogP contribution >= 0.6 is 11.6 Å². The third-order valence-electron chi connectivity index (χ3n) is 1.19. The third-order valence-corrected chi connectivity index (χ3v) is 1.37. The van der Waals surface area contributed by atoms with Crippen LogP contribution in [0.1, 0.15) is 18.9 Å². The van der Waals surface area contributed by atoms with Crippen molar-refractivity contribution in [2.75, 3.05) is 5.73 Å². The Balaban J connectivity index is 3.01. The Hall–Kier alpha value is -1.27. The van der Waals surface area contributed by atoms with E-state index in [4.69, 9.17) is 17.3 Å². The van der Waals surface area contributed by atoms with Crippen molar-refractivity contribution >= 4 is 17.4 Å². The maximum atomic E-state index is 5.52. The number of aromatic nitrogens is 2. The third kappa shape index (κ3) is 2.11. The van der Waals surface area contributed by atoms with Crippen molar-refractivity contribution in [2.45, 2.75) is 13.3 Å². The molecule has 0 fully saturated rings. The van der Waals surface area contributed by atoms with Gasteiger partial charge in [0.05, 0.1) is 5.56 Å². The van der Waals surface area contributed by atoms with E-state index in [1.807, 2.05) is 6.92 Å². The fraction of sp³-hybridized carbons (Fsp3) is 0.250. The summed E-state index contributed by atoms with van der Waals surface area (Å²) in [7, 11) is 0. The minimum Gasteiger partial charge on any atom is -0.383 e. The molecule has 0 aromatic carbocycles. The topological polar surface area (TPSA) is 51.8 Å². The summed E-state index contributed by atoms with van der Waals surface area (Å²) in [5.74, 6) is 6.03. The van der Waals surface area contributed by atoms with Crippen LogP contribution in [0.4, 0.5) is 5.82 Å². The second kappa shape index (κ2) is 3.93. The van der Waals surface area contributed by atoms with E-state index in [2.05, 4.69) is 21.8 Å². The van der Waals surface area contributed by atoms with Gasteiger partial charge < -0.3 is 5.73 Å². The molecule has 0 saturated carbocycles. The minimum atomic E-state index is 0.148. The van der Waals surface area contributed by atoms with E-state index in [1.165, 1.54) is 6.20 Å². The van der Waals surface area contributed by atoms with Crippen LogP contribution in [0.2, 0.25) is 5.28 Å². The van der Waals surface area contributed by atoms with Crippen LogP contribution in [0.25, 0.3) is 0 Å². The number of anilines is 1. The van der Waals surface area contributed by atoms with E-state index in [9.17, 15) is 0 Å². The lowest BCUT2D eigenvalue weighted by Crippen LogP contribution is -1.96. The van der Waals surface area contributed by atoms with Crippen molar-refractivity contribution in [3.8, 4) is 11.8 Å². The van der Waals surface area contributed by atoms with Crippen molar-refractivity contribution in [1.82, 2.24) is 9.97 Å². The highest BCUT2D eigenvalue weighted by molar-refractivity contribution is 6.28. The molecule has 0 aliphatic heterocycles. The SMILES string of the molecule is CCC#Cc1cnc(Cl)nc1N. The number of nitrogen functional groups attached to an aromatic ring is 1. The van der Waals surface area contributed by atoms with E-state index in [0.717, 1.165) is 6.42 Å². The van der Waals surface area contributed by atoms with Crippen molar-refractivity contribution < 1.29 is 0 Å². The maximum absolute atomic E-state index is 5.52. The standard InChI is InChI=1S/C8H8ClN3/c1-2-3-4-6-5-11-8(9)12-7(6)10/h5H,2H2,1H3,(H2,10,11,12). The predicted octanol–water partition coefficient (Wildman–Crippen LogP) is 1.47. The van der Waals surface area contributed by atoms with Gasteiger partial charge in [0.1, 0.15) is 5.82 Å². The van der Waals surface area contributed by atoms with Crippen LogP contribution < -0.4 is 5.73 Å². The Kier molecular flexibility index (Phi) is 2.89. The molecule has 1 heterocycles. The number of hydrogen-bond acceptors (Lipinski definition) is 3. The fourth-order valence-electron chi connectivity index (χ4n) is 0.652. The second-order valence-electron chi connectivity index (χ2n) is 2.09. The van der Waals surface area contributed by atoms with Gasteiger partial charge in [0, 0.05) is 12.6 Å². The summed E-state index contributed by atoms with van der Waals surface area (Å²) >= 11 is 5.50. The average molecular weight is 182 g/mol. The lowest BCUT2D eigenvalue weighted by molar-refractivity contribution is 1.16. The summed E-state index contributed by atoms with van der Waals surface area (Å²) in [6.07, 6.45) is 2.30. The largest absolute Gasteiger partial charge is 0.383 e. The molecule has 0 radical (unpaired) electrons. The first kappa shape index (κ1) is 8.82. The molecule has 0 unspecified atom stereocenters. The maximum Gasteiger partial charge on any atom is 0.224 e. The summed E-state index contributed by atoms with van der Waals surface area (Å²) in [6.45, 7) is 1.96. The second-order valence-corrected chi connectivity index (χ2v) is 2.43. The minimum absolute atomic E-state index is 0.148. The number of nitrogens with two attached hydrogens (primary N) is 1. The average Bonchev–Trinajstić information content (AvgIpc) is 2.03. The van der Waals surface area contributed by atoms with E-state index in [-0.39, 0.29) is 5.28 Å². The Morgan fingerprint density at radius 1 is 1.67 bits per heavy atom. The highest BCUT2D eigenvalue weighted by Crippen LogP contribution is 2.08. The summed E-state index contributed by atoms with van der Waals surface area (Å²) in [4.78, 5) is 7.52. The molecular weight excluding hydrogens is 174 g/mol. The quantitative estimate of drug-likeness (QED) is 0.487. The van der Waals surface area contributed by atoms with Gasteiger partial charge in [-0.15, -0.1) is 0 Å². The van der Waals surface area contributed by atoms with Crippen LogP contribution in [-0.2, 0) is 0 Å². The number of halogens is 1. The molecule has 0 atom stereocenters. The smallest absolute Gasteiger partial charge is 0.224 e. The Bertz CT molecular complexity index is 338. The van der Waals surface area contributed by atoms with Gasteiger partial charge in [-0.1, -0.05) is 18.8 Å². The molecule has 4 heteroatoms.